The van der Waals surface area contributed by atoms with Crippen molar-refractivity contribution in [3.63, 3.8) is 0 Å². The molecule has 2 aliphatic heterocycles. The summed E-state index contributed by atoms with van der Waals surface area (Å²) in [7, 11) is 4.01. The molecule has 3 aromatic carbocycles. The number of amides is 1. The van der Waals surface area contributed by atoms with Crippen molar-refractivity contribution < 1.29 is 19.2 Å². The Kier molecular flexibility index (Phi) is 5.46. The van der Waals surface area contributed by atoms with Crippen molar-refractivity contribution in [3.05, 3.63) is 87.5 Å². The molecule has 0 aliphatic carbocycles. The van der Waals surface area contributed by atoms with E-state index in [2.05, 4.69) is 10.2 Å². The van der Waals surface area contributed by atoms with Gasteiger partial charge in [0.15, 0.2) is 11.5 Å². The molecule has 2 aliphatic rings. The fraction of sp³-hybridized carbons (Fsp3) is 0.200. The van der Waals surface area contributed by atoms with Gasteiger partial charge in [0.05, 0.1) is 22.0 Å². The summed E-state index contributed by atoms with van der Waals surface area (Å²) in [6.45, 7) is 0.936. The largest absolute Gasteiger partial charge is 0.454 e. The zero-order valence-electron chi connectivity index (χ0n) is 18.6. The zero-order chi connectivity index (χ0) is 23.8. The van der Waals surface area contributed by atoms with Crippen LogP contribution >= 0.6 is 0 Å². The number of nitro benzene ring substituents is 1. The van der Waals surface area contributed by atoms with Crippen molar-refractivity contribution in [2.24, 2.45) is 4.99 Å². The fourth-order valence-corrected chi connectivity index (χ4v) is 4.17. The van der Waals surface area contributed by atoms with E-state index in [0.717, 1.165) is 12.1 Å². The maximum absolute atomic E-state index is 13.1. The Hall–Kier alpha value is -4.24. The molecule has 0 saturated carbocycles. The van der Waals surface area contributed by atoms with Crippen LogP contribution in [0.3, 0.4) is 0 Å². The van der Waals surface area contributed by atoms with Gasteiger partial charge in [0.2, 0.25) is 12.7 Å². The van der Waals surface area contributed by atoms with E-state index in [1.54, 1.807) is 18.2 Å². The van der Waals surface area contributed by atoms with Gasteiger partial charge < -0.3 is 19.7 Å². The van der Waals surface area contributed by atoms with Crippen LogP contribution in [-0.4, -0.2) is 42.3 Å². The Bertz CT molecular complexity index is 1320. The molecule has 34 heavy (non-hydrogen) atoms. The van der Waals surface area contributed by atoms with E-state index < -0.39 is 10.8 Å². The maximum Gasteiger partial charge on any atom is 0.271 e. The molecule has 172 valence electrons. The number of hydrogen-bond donors (Lipinski definition) is 1. The van der Waals surface area contributed by atoms with Crippen LogP contribution < -0.4 is 14.8 Å². The third-order valence-electron chi connectivity index (χ3n) is 5.71. The predicted molar refractivity (Wildman–Crippen MR) is 127 cm³/mol. The van der Waals surface area contributed by atoms with Gasteiger partial charge in [-0.2, -0.15) is 0 Å². The number of nitrogens with one attached hydrogen (secondary N) is 1. The van der Waals surface area contributed by atoms with Crippen LogP contribution in [0, 0.1) is 10.1 Å². The fourth-order valence-electron chi connectivity index (χ4n) is 4.17. The maximum atomic E-state index is 13.1. The number of carbonyl (C=O) groups is 1. The van der Waals surface area contributed by atoms with Crippen molar-refractivity contribution in [2.75, 3.05) is 26.2 Å². The van der Waals surface area contributed by atoms with E-state index in [-0.39, 0.29) is 18.4 Å². The third-order valence-corrected chi connectivity index (χ3v) is 5.71. The Morgan fingerprint density at radius 3 is 2.59 bits per heavy atom. The minimum absolute atomic E-state index is 0.0854. The highest BCUT2D eigenvalue weighted by molar-refractivity contribution is 6.24. The average molecular weight is 458 g/mol. The van der Waals surface area contributed by atoms with E-state index in [1.165, 1.54) is 12.1 Å². The summed E-state index contributed by atoms with van der Waals surface area (Å²) in [6.07, 6.45) is 0. The normalized spacial score (nSPS) is 16.5. The number of benzene rings is 3. The third kappa shape index (κ3) is 4.08. The van der Waals surface area contributed by atoms with Gasteiger partial charge in [0, 0.05) is 24.2 Å². The van der Waals surface area contributed by atoms with Gasteiger partial charge in [-0.25, -0.2) is 0 Å². The Morgan fingerprint density at radius 1 is 1.09 bits per heavy atom. The Balaban J connectivity index is 1.60. The van der Waals surface area contributed by atoms with E-state index in [9.17, 15) is 14.9 Å². The lowest BCUT2D eigenvalue weighted by molar-refractivity contribution is -0.384. The SMILES string of the molecule is CN(C)Cc1ccc(N=C(c2ccc3c(c2)OCO3)C2C(=O)Nc3cc([N+](=O)[O-])ccc32)cc1. The second kappa shape index (κ2) is 8.60. The minimum Gasteiger partial charge on any atom is -0.454 e. The van der Waals surface area contributed by atoms with Gasteiger partial charge in [-0.05, 0) is 61.6 Å². The van der Waals surface area contributed by atoms with Gasteiger partial charge >= 0.3 is 0 Å². The van der Waals surface area contributed by atoms with Gasteiger partial charge in [0.1, 0.15) is 5.92 Å². The van der Waals surface area contributed by atoms with Crippen LogP contribution in [0.1, 0.15) is 22.6 Å². The van der Waals surface area contributed by atoms with Crippen LogP contribution in [0.5, 0.6) is 11.5 Å². The monoisotopic (exact) mass is 458 g/mol. The zero-order valence-corrected chi connectivity index (χ0v) is 18.6. The summed E-state index contributed by atoms with van der Waals surface area (Å²) in [6, 6.07) is 17.6. The first kappa shape index (κ1) is 21.6. The number of fused-ring (bicyclic) bond motifs is 2. The number of ether oxygens (including phenoxy) is 2. The summed E-state index contributed by atoms with van der Waals surface area (Å²) < 4.78 is 11.0. The van der Waals surface area contributed by atoms with Crippen LogP contribution in [0.15, 0.2) is 65.7 Å². The van der Waals surface area contributed by atoms with Crippen LogP contribution in [0.4, 0.5) is 17.1 Å². The lowest BCUT2D eigenvalue weighted by Gasteiger charge is -2.15. The number of rotatable bonds is 6. The molecule has 0 spiro atoms. The second-order valence-electron chi connectivity index (χ2n) is 8.42. The molecule has 1 atom stereocenters. The first-order valence-corrected chi connectivity index (χ1v) is 10.7. The number of non-ortho nitro benzene ring substituents is 1. The standard InChI is InChI=1S/C25H22N4O5/c1-28(2)13-15-3-6-17(7-4-15)26-24(16-5-10-21-22(11-16)34-14-33-21)23-19-9-8-18(29(31)32)12-20(19)27-25(23)30/h3-12,23H,13-14H2,1-2H3,(H,27,30). The number of aliphatic imine (C=N–C) groups is 1. The molecular formula is C25H22N4O5. The number of anilines is 1. The average Bonchev–Trinajstić information content (AvgIpc) is 3.40. The molecule has 9 heteroatoms. The van der Waals surface area contributed by atoms with Gasteiger partial charge in [-0.15, -0.1) is 0 Å². The molecule has 1 unspecified atom stereocenters. The molecule has 0 radical (unpaired) electrons. The van der Waals surface area contributed by atoms with Crippen molar-refractivity contribution in [3.8, 4) is 11.5 Å². The molecule has 9 nitrogen and oxygen atoms in total. The predicted octanol–water partition coefficient (Wildman–Crippen LogP) is 4.24. The molecule has 0 saturated heterocycles. The lowest BCUT2D eigenvalue weighted by Crippen LogP contribution is -2.22. The number of nitrogens with zero attached hydrogens (tertiary/aromatic N) is 3. The molecule has 0 aromatic heterocycles. The summed E-state index contributed by atoms with van der Waals surface area (Å²) in [5, 5.41) is 14.0. The van der Waals surface area contributed by atoms with Crippen molar-refractivity contribution >= 4 is 28.7 Å². The van der Waals surface area contributed by atoms with Crippen molar-refractivity contribution in [2.45, 2.75) is 12.5 Å². The first-order chi connectivity index (χ1) is 16.4. The molecule has 5 rings (SSSR count). The van der Waals surface area contributed by atoms with Gasteiger partial charge in [-0.3, -0.25) is 19.9 Å². The highest BCUT2D eigenvalue weighted by atomic mass is 16.7. The molecule has 2 heterocycles. The first-order valence-electron chi connectivity index (χ1n) is 10.7. The van der Waals surface area contributed by atoms with Gasteiger partial charge in [0.25, 0.3) is 5.69 Å². The summed E-state index contributed by atoms with van der Waals surface area (Å²) >= 11 is 0. The molecule has 3 aromatic rings. The van der Waals surface area contributed by atoms with E-state index >= 15 is 0 Å². The van der Waals surface area contributed by atoms with Crippen LogP contribution in [-0.2, 0) is 11.3 Å². The smallest absolute Gasteiger partial charge is 0.271 e. The van der Waals surface area contributed by atoms with Crippen molar-refractivity contribution in [1.82, 2.24) is 4.90 Å². The number of carbonyl (C=O) groups excluding carboxylic acids is 1. The van der Waals surface area contributed by atoms with Crippen molar-refractivity contribution in [1.29, 1.82) is 0 Å². The van der Waals surface area contributed by atoms with Crippen LogP contribution in [0.2, 0.25) is 0 Å². The molecule has 1 N–H and O–H groups in total. The Labute approximate surface area is 195 Å². The van der Waals surface area contributed by atoms with Gasteiger partial charge in [-0.1, -0.05) is 12.1 Å². The summed E-state index contributed by atoms with van der Waals surface area (Å²) in [4.78, 5) is 30.8. The molecule has 0 bridgehead atoms. The number of nitro groups is 1. The van der Waals surface area contributed by atoms with E-state index in [0.29, 0.717) is 39.7 Å². The summed E-state index contributed by atoms with van der Waals surface area (Å²) in [5.41, 5.74) is 4.02. The highest BCUT2D eigenvalue weighted by Gasteiger charge is 2.37. The molecule has 1 amide bonds. The minimum atomic E-state index is -0.738. The quantitative estimate of drug-likeness (QED) is 0.336. The van der Waals surface area contributed by atoms with E-state index in [4.69, 9.17) is 14.5 Å². The molecular weight excluding hydrogens is 436 g/mol. The lowest BCUT2D eigenvalue weighted by atomic mass is 9.90. The topological polar surface area (TPSA) is 106 Å². The number of hydrogen-bond acceptors (Lipinski definition) is 7. The Morgan fingerprint density at radius 2 is 1.85 bits per heavy atom. The highest BCUT2D eigenvalue weighted by Crippen LogP contribution is 2.40. The van der Waals surface area contributed by atoms with E-state index in [1.807, 2.05) is 44.4 Å². The molecule has 0 fully saturated rings. The second-order valence-corrected chi connectivity index (χ2v) is 8.42. The summed E-state index contributed by atoms with van der Waals surface area (Å²) in [5.74, 6) is 0.172. The van der Waals surface area contributed by atoms with Crippen LogP contribution in [0.25, 0.3) is 0 Å².